The average Bonchev–Trinajstić information content (AvgIpc) is 2.61. The lowest BCUT2D eigenvalue weighted by Crippen LogP contribution is -2.27. The fraction of sp³-hybridized carbons (Fsp3) is 0. The minimum absolute atomic E-state index is 0.213. The second kappa shape index (κ2) is 10.3. The summed E-state index contributed by atoms with van der Waals surface area (Å²) >= 11 is 35.3. The molecule has 2 aromatic rings. The fourth-order valence-electron chi connectivity index (χ4n) is 1.79. The molecule has 4 amide bonds. The lowest BCUT2D eigenvalue weighted by Gasteiger charge is -2.09. The van der Waals surface area contributed by atoms with E-state index in [-0.39, 0.29) is 41.5 Å². The van der Waals surface area contributed by atoms with Crippen molar-refractivity contribution >= 4 is 93.0 Å². The molecule has 148 valence electrons. The van der Waals surface area contributed by atoms with Crippen LogP contribution in [0.3, 0.4) is 0 Å². The van der Waals surface area contributed by atoms with Gasteiger partial charge >= 0.3 is 12.1 Å². The van der Waals surface area contributed by atoms with Crippen LogP contribution in [0, 0.1) is 0 Å². The van der Waals surface area contributed by atoms with E-state index in [1.165, 1.54) is 36.7 Å². The maximum absolute atomic E-state index is 11.8. The van der Waals surface area contributed by atoms with Crippen molar-refractivity contribution in [2.75, 3.05) is 10.6 Å². The van der Waals surface area contributed by atoms with Gasteiger partial charge in [-0.25, -0.2) is 9.59 Å². The van der Waals surface area contributed by atoms with Gasteiger partial charge in [-0.3, -0.25) is 0 Å². The Balaban J connectivity index is 1.85. The van der Waals surface area contributed by atoms with E-state index in [1.54, 1.807) is 0 Å². The smallest absolute Gasteiger partial charge is 0.313 e. The van der Waals surface area contributed by atoms with Crippen LogP contribution in [-0.2, 0) is 0 Å². The lowest BCUT2D eigenvalue weighted by molar-refractivity contribution is 0.253. The maximum Gasteiger partial charge on any atom is 0.323 e. The molecule has 2 aromatic carbocycles. The van der Waals surface area contributed by atoms with Gasteiger partial charge in [0, 0.05) is 12.4 Å². The first kappa shape index (κ1) is 22.7. The number of urea groups is 2. The van der Waals surface area contributed by atoms with E-state index in [2.05, 4.69) is 21.3 Å². The predicted molar refractivity (Wildman–Crippen MR) is 116 cm³/mol. The highest BCUT2D eigenvalue weighted by molar-refractivity contribution is 6.44. The molecule has 0 radical (unpaired) electrons. The summed E-state index contributed by atoms with van der Waals surface area (Å²) in [5.41, 5.74) is 0.531. The van der Waals surface area contributed by atoms with E-state index in [0.29, 0.717) is 0 Å². The topological polar surface area (TPSA) is 82.3 Å². The largest absolute Gasteiger partial charge is 0.323 e. The summed E-state index contributed by atoms with van der Waals surface area (Å²) < 4.78 is 0. The first-order valence-corrected chi connectivity index (χ1v) is 9.53. The molecular weight excluding hydrogens is 493 g/mol. The third-order valence-corrected chi connectivity index (χ3v) is 5.10. The minimum atomic E-state index is -0.619. The molecule has 6 nitrogen and oxygen atoms in total. The Hall–Kier alpha value is -1.54. The Labute approximate surface area is 190 Å². The van der Waals surface area contributed by atoms with Crippen LogP contribution in [0.25, 0.3) is 0 Å². The lowest BCUT2D eigenvalue weighted by atomic mass is 10.3. The van der Waals surface area contributed by atoms with Crippen molar-refractivity contribution in [3.05, 3.63) is 66.8 Å². The van der Waals surface area contributed by atoms with E-state index in [9.17, 15) is 9.59 Å². The monoisotopic (exact) mass is 500 g/mol. The van der Waals surface area contributed by atoms with Crippen LogP contribution in [0.5, 0.6) is 0 Å². The quantitative estimate of drug-likeness (QED) is 0.339. The van der Waals surface area contributed by atoms with Gasteiger partial charge in [-0.15, -0.1) is 0 Å². The van der Waals surface area contributed by atoms with Crippen LogP contribution in [-0.4, -0.2) is 12.1 Å². The zero-order chi connectivity index (χ0) is 20.8. The Kier molecular flexibility index (Phi) is 8.37. The summed E-state index contributed by atoms with van der Waals surface area (Å²) in [7, 11) is 0. The SMILES string of the molecule is O=C(N/C=C/NC(=O)Nc1cc(Cl)c(Cl)cc1Cl)Nc1cc(Cl)c(Cl)cc1Cl. The maximum atomic E-state index is 11.8. The van der Waals surface area contributed by atoms with Crippen LogP contribution in [0.15, 0.2) is 36.7 Å². The molecule has 0 aliphatic carbocycles. The fourth-order valence-corrected chi connectivity index (χ4v) is 2.98. The molecule has 0 fully saturated rings. The summed E-state index contributed by atoms with van der Waals surface area (Å²) in [6, 6.07) is 4.37. The van der Waals surface area contributed by atoms with Gasteiger partial charge in [0.2, 0.25) is 0 Å². The van der Waals surface area contributed by atoms with Crippen LogP contribution < -0.4 is 21.3 Å². The molecule has 0 aliphatic heterocycles. The number of carbonyl (C=O) groups is 2. The van der Waals surface area contributed by atoms with Crippen molar-refractivity contribution in [3.8, 4) is 0 Å². The summed E-state index contributed by atoms with van der Waals surface area (Å²) in [5, 5.41) is 11.1. The van der Waals surface area contributed by atoms with Crippen molar-refractivity contribution in [3.63, 3.8) is 0 Å². The van der Waals surface area contributed by atoms with Crippen LogP contribution in [0.2, 0.25) is 30.1 Å². The normalized spacial score (nSPS) is 10.6. The molecule has 0 atom stereocenters. The molecule has 0 bridgehead atoms. The van der Waals surface area contributed by atoms with E-state index in [4.69, 9.17) is 69.6 Å². The van der Waals surface area contributed by atoms with E-state index < -0.39 is 12.1 Å². The first-order valence-electron chi connectivity index (χ1n) is 7.26. The molecule has 12 heteroatoms. The van der Waals surface area contributed by atoms with Gasteiger partial charge in [0.1, 0.15) is 0 Å². The highest BCUT2D eigenvalue weighted by Crippen LogP contribution is 2.33. The highest BCUT2D eigenvalue weighted by atomic mass is 35.5. The minimum Gasteiger partial charge on any atom is -0.313 e. The highest BCUT2D eigenvalue weighted by Gasteiger charge is 2.09. The number of nitrogens with one attached hydrogen (secondary N) is 4. The Morgan fingerprint density at radius 2 is 0.893 bits per heavy atom. The Morgan fingerprint density at radius 1 is 0.571 bits per heavy atom. The second-order valence-corrected chi connectivity index (χ2v) is 7.47. The molecule has 28 heavy (non-hydrogen) atoms. The Morgan fingerprint density at radius 3 is 1.25 bits per heavy atom. The van der Waals surface area contributed by atoms with E-state index >= 15 is 0 Å². The molecule has 4 N–H and O–H groups in total. The number of benzene rings is 2. The van der Waals surface area contributed by atoms with E-state index in [0.717, 1.165) is 0 Å². The Bertz CT molecular complexity index is 876. The molecule has 2 rings (SSSR count). The average molecular weight is 503 g/mol. The van der Waals surface area contributed by atoms with Crippen molar-refractivity contribution in [2.45, 2.75) is 0 Å². The van der Waals surface area contributed by atoms with E-state index in [1.807, 2.05) is 0 Å². The van der Waals surface area contributed by atoms with Gasteiger partial charge in [-0.05, 0) is 24.3 Å². The number of carbonyl (C=O) groups excluding carboxylic acids is 2. The number of hydrogen-bond acceptors (Lipinski definition) is 2. The third kappa shape index (κ3) is 6.51. The van der Waals surface area contributed by atoms with Crippen LogP contribution in [0.4, 0.5) is 21.0 Å². The van der Waals surface area contributed by atoms with Crippen molar-refractivity contribution in [2.24, 2.45) is 0 Å². The van der Waals surface area contributed by atoms with Crippen LogP contribution >= 0.6 is 69.6 Å². The summed E-state index contributed by atoms with van der Waals surface area (Å²) in [6.45, 7) is 0. The number of anilines is 2. The zero-order valence-electron chi connectivity index (χ0n) is 13.5. The summed E-state index contributed by atoms with van der Waals surface area (Å²) in [6.07, 6.45) is 2.38. The molecule has 0 aromatic heterocycles. The number of rotatable bonds is 4. The number of hydrogen-bond donors (Lipinski definition) is 4. The second-order valence-electron chi connectivity index (χ2n) is 5.02. The molecular formula is C16H10Cl6N4O2. The van der Waals surface area contributed by atoms with Crippen molar-refractivity contribution < 1.29 is 9.59 Å². The standard InChI is InChI=1S/C16H10Cl6N4O2/c17-7-3-11(21)13(5-9(7)19)25-15(27)23-1-2-24-16(28)26-14-6-10(20)8(18)4-12(14)22/h1-6H,(H2,23,25,27)(H2,24,26,28)/b2-1+. The molecule has 0 spiro atoms. The van der Waals surface area contributed by atoms with Gasteiger partial charge in [-0.1, -0.05) is 69.6 Å². The van der Waals surface area contributed by atoms with Gasteiger partial charge in [-0.2, -0.15) is 0 Å². The first-order chi connectivity index (χ1) is 13.2. The van der Waals surface area contributed by atoms with Crippen molar-refractivity contribution in [1.29, 1.82) is 0 Å². The molecule has 0 saturated carbocycles. The van der Waals surface area contributed by atoms with Crippen LogP contribution in [0.1, 0.15) is 0 Å². The van der Waals surface area contributed by atoms with Crippen molar-refractivity contribution in [1.82, 2.24) is 10.6 Å². The summed E-state index contributed by atoms with van der Waals surface area (Å²) in [4.78, 5) is 23.7. The zero-order valence-corrected chi connectivity index (χ0v) is 18.1. The summed E-state index contributed by atoms with van der Waals surface area (Å²) in [5.74, 6) is 0. The van der Waals surface area contributed by atoms with Gasteiger partial charge < -0.3 is 21.3 Å². The number of halogens is 6. The molecule has 0 unspecified atom stereocenters. The van der Waals surface area contributed by atoms with Gasteiger partial charge in [0.15, 0.2) is 0 Å². The molecule has 0 heterocycles. The number of amides is 4. The molecule has 0 saturated heterocycles. The predicted octanol–water partition coefficient (Wildman–Crippen LogP) is 7.02. The van der Waals surface area contributed by atoms with Gasteiger partial charge in [0.05, 0.1) is 41.5 Å². The van der Waals surface area contributed by atoms with Gasteiger partial charge in [0.25, 0.3) is 0 Å². The third-order valence-electron chi connectivity index (χ3n) is 3.03. The molecule has 0 aliphatic rings.